The molecule has 37 heavy (non-hydrogen) atoms. The predicted molar refractivity (Wildman–Crippen MR) is 143 cm³/mol. The Morgan fingerprint density at radius 3 is 1.89 bits per heavy atom. The molecule has 4 atom stereocenters. The van der Waals surface area contributed by atoms with Gasteiger partial charge in [0.2, 0.25) is 18.2 Å². The van der Waals surface area contributed by atoms with Gasteiger partial charge in [-0.05, 0) is 35.8 Å². The minimum atomic E-state index is -1.73. The molecule has 2 rings (SSSR count). The third-order valence-corrected chi connectivity index (χ3v) is 5.88. The topological polar surface area (TPSA) is 140 Å². The van der Waals surface area contributed by atoms with E-state index in [1.807, 2.05) is 74.5 Å². The molecule has 2 aromatic rings. The number of amides is 2. The summed E-state index contributed by atoms with van der Waals surface area (Å²) in [6.07, 6.45) is -0.833. The fraction of sp³-hybridized carbons (Fsp3) is 0.481. The maximum Gasteiger partial charge on any atom is 0.475 e. The summed E-state index contributed by atoms with van der Waals surface area (Å²) in [5.41, 5.74) is 1.73. The average Bonchev–Trinajstić information content (AvgIpc) is 2.85. The molecule has 0 aromatic heterocycles. The molecule has 10 heteroatoms. The van der Waals surface area contributed by atoms with Gasteiger partial charge >= 0.3 is 7.12 Å². The lowest BCUT2D eigenvalue weighted by Gasteiger charge is -2.28. The largest absolute Gasteiger partial charge is 0.475 e. The fourth-order valence-electron chi connectivity index (χ4n) is 3.87. The summed E-state index contributed by atoms with van der Waals surface area (Å²) in [6, 6.07) is 16.8. The van der Waals surface area contributed by atoms with Gasteiger partial charge in [-0.1, -0.05) is 88.4 Å². The molecule has 0 saturated carbocycles. The molecule has 202 valence electrons. The van der Waals surface area contributed by atoms with E-state index in [9.17, 15) is 24.7 Å². The molecule has 0 spiro atoms. The Morgan fingerprint density at radius 2 is 1.38 bits per heavy atom. The van der Waals surface area contributed by atoms with Gasteiger partial charge in [0.05, 0.1) is 18.6 Å². The molecule has 0 saturated heterocycles. The predicted octanol–water partition coefficient (Wildman–Crippen LogP) is 1.36. The second kappa shape index (κ2) is 15.5. The molecule has 9 nitrogen and oxygen atoms in total. The molecular weight excluding hydrogens is 473 g/mol. The van der Waals surface area contributed by atoms with Gasteiger partial charge in [0.15, 0.2) is 0 Å². The summed E-state index contributed by atoms with van der Waals surface area (Å²) in [5.74, 6) is -2.03. The van der Waals surface area contributed by atoms with E-state index in [1.165, 1.54) is 0 Å². The van der Waals surface area contributed by atoms with Gasteiger partial charge in [-0.2, -0.15) is 0 Å². The van der Waals surface area contributed by atoms with Crippen LogP contribution in [0, 0.1) is 11.8 Å². The summed E-state index contributed by atoms with van der Waals surface area (Å²) >= 11 is 0. The number of hydrogen-bond donors (Lipinski definition) is 6. The number of carbonyl (C=O) groups excluding carboxylic acids is 2. The lowest BCUT2D eigenvalue weighted by molar-refractivity contribution is -0.145. The fourth-order valence-corrected chi connectivity index (χ4v) is 3.87. The zero-order chi connectivity index (χ0) is 27.4. The molecule has 0 radical (unpaired) electrons. The van der Waals surface area contributed by atoms with Crippen LogP contribution in [0.1, 0.15) is 45.2 Å². The van der Waals surface area contributed by atoms with Gasteiger partial charge in [-0.3, -0.25) is 14.9 Å². The standard InChI is InChI=1S/C27H40BN3O6/c1-18(2)15-22(26(33)31-24(19(3)4)28(35)36)29-25(32)23(16-20-11-7-5-8-12-20)30-27(34)37-17-21-13-9-6-10-14-21/h5-14,18-19,22-24,27,30,34-36H,15-17H2,1-4H3,(H,29,32)(H,31,33)/t22-,23-,24+,27?/m0/s1. The average molecular weight is 513 g/mol. The van der Waals surface area contributed by atoms with Crippen LogP contribution in [-0.2, 0) is 27.4 Å². The van der Waals surface area contributed by atoms with Crippen molar-refractivity contribution >= 4 is 18.9 Å². The van der Waals surface area contributed by atoms with E-state index in [4.69, 9.17) is 4.74 Å². The molecule has 0 heterocycles. The van der Waals surface area contributed by atoms with E-state index in [-0.39, 0.29) is 24.9 Å². The monoisotopic (exact) mass is 513 g/mol. The second-order valence-electron chi connectivity index (χ2n) is 9.94. The summed E-state index contributed by atoms with van der Waals surface area (Å²) in [4.78, 5) is 26.4. The Kier molecular flexibility index (Phi) is 12.8. The number of hydrogen-bond acceptors (Lipinski definition) is 7. The van der Waals surface area contributed by atoms with Crippen LogP contribution in [-0.4, -0.2) is 58.5 Å². The highest BCUT2D eigenvalue weighted by Crippen LogP contribution is 2.11. The summed E-state index contributed by atoms with van der Waals surface area (Å²) in [7, 11) is -1.73. The quantitative estimate of drug-likeness (QED) is 0.156. The first-order valence-corrected chi connectivity index (χ1v) is 12.7. The van der Waals surface area contributed by atoms with Crippen LogP contribution in [0.4, 0.5) is 0 Å². The third-order valence-electron chi connectivity index (χ3n) is 5.88. The first-order chi connectivity index (χ1) is 17.6. The number of benzene rings is 2. The molecule has 0 bridgehead atoms. The van der Waals surface area contributed by atoms with E-state index in [0.29, 0.717) is 6.42 Å². The summed E-state index contributed by atoms with van der Waals surface area (Å²) in [6.45, 7) is 7.52. The second-order valence-corrected chi connectivity index (χ2v) is 9.94. The van der Waals surface area contributed by atoms with E-state index in [0.717, 1.165) is 11.1 Å². The number of rotatable bonds is 15. The molecule has 2 aromatic carbocycles. The molecule has 6 N–H and O–H groups in total. The maximum atomic E-state index is 13.4. The lowest BCUT2D eigenvalue weighted by Crippen LogP contribution is -2.59. The van der Waals surface area contributed by atoms with Gasteiger partial charge in [0.25, 0.3) is 0 Å². The number of aliphatic hydroxyl groups excluding tert-OH is 1. The van der Waals surface area contributed by atoms with Crippen molar-refractivity contribution in [3.8, 4) is 0 Å². The van der Waals surface area contributed by atoms with E-state index >= 15 is 0 Å². The highest BCUT2D eigenvalue weighted by atomic mass is 16.6. The van der Waals surface area contributed by atoms with Crippen molar-refractivity contribution in [3.63, 3.8) is 0 Å². The van der Waals surface area contributed by atoms with Crippen LogP contribution >= 0.6 is 0 Å². The Balaban J connectivity index is 2.14. The van der Waals surface area contributed by atoms with Crippen molar-refractivity contribution in [1.29, 1.82) is 0 Å². The number of aliphatic hydroxyl groups is 1. The zero-order valence-corrected chi connectivity index (χ0v) is 22.0. The molecular formula is C27H40BN3O6. The number of carbonyl (C=O) groups is 2. The molecule has 0 fully saturated rings. The molecule has 0 aliphatic carbocycles. The van der Waals surface area contributed by atoms with E-state index in [1.54, 1.807) is 13.8 Å². The van der Waals surface area contributed by atoms with Crippen LogP contribution in [0.25, 0.3) is 0 Å². The highest BCUT2D eigenvalue weighted by molar-refractivity contribution is 6.43. The normalized spacial score (nSPS) is 14.6. The smallest absolute Gasteiger partial charge is 0.426 e. The lowest BCUT2D eigenvalue weighted by atomic mass is 9.73. The zero-order valence-electron chi connectivity index (χ0n) is 22.0. The maximum absolute atomic E-state index is 13.4. The van der Waals surface area contributed by atoms with Gasteiger partial charge in [-0.25, -0.2) is 0 Å². The third kappa shape index (κ3) is 11.0. The summed E-state index contributed by atoms with van der Waals surface area (Å²) in [5, 5.41) is 38.1. The van der Waals surface area contributed by atoms with Gasteiger partial charge in [0.1, 0.15) is 6.04 Å². The van der Waals surface area contributed by atoms with Crippen LogP contribution in [0.2, 0.25) is 0 Å². The molecule has 2 amide bonds. The molecule has 0 aliphatic rings. The Bertz CT molecular complexity index is 938. The minimum Gasteiger partial charge on any atom is -0.426 e. The first-order valence-electron chi connectivity index (χ1n) is 12.7. The minimum absolute atomic E-state index is 0.0768. The van der Waals surface area contributed by atoms with Gasteiger partial charge in [-0.15, -0.1) is 0 Å². The number of nitrogens with one attached hydrogen (secondary N) is 3. The van der Waals surface area contributed by atoms with Crippen LogP contribution in [0.15, 0.2) is 60.7 Å². The van der Waals surface area contributed by atoms with Crippen molar-refractivity contribution < 1.29 is 29.5 Å². The van der Waals surface area contributed by atoms with Gasteiger partial charge in [0, 0.05) is 0 Å². The van der Waals surface area contributed by atoms with Crippen LogP contribution in [0.3, 0.4) is 0 Å². The van der Waals surface area contributed by atoms with Crippen LogP contribution in [0.5, 0.6) is 0 Å². The van der Waals surface area contributed by atoms with Crippen molar-refractivity contribution in [3.05, 3.63) is 71.8 Å². The first kappa shape index (κ1) is 30.5. The van der Waals surface area contributed by atoms with E-state index < -0.39 is 43.4 Å². The van der Waals surface area contributed by atoms with E-state index in [2.05, 4.69) is 16.0 Å². The Hall–Kier alpha value is -2.76. The SMILES string of the molecule is CC(C)C[C@H](NC(=O)[C@H](Cc1ccccc1)NC(O)OCc1ccccc1)C(=O)N[C@@H](B(O)O)C(C)C. The number of ether oxygens (including phenoxy) is 1. The van der Waals surface area contributed by atoms with Crippen molar-refractivity contribution in [2.45, 2.75) is 71.6 Å². The molecule has 0 aliphatic heterocycles. The highest BCUT2D eigenvalue weighted by Gasteiger charge is 2.33. The Morgan fingerprint density at radius 1 is 0.838 bits per heavy atom. The summed E-state index contributed by atoms with van der Waals surface area (Å²) < 4.78 is 5.50. The van der Waals surface area contributed by atoms with Crippen molar-refractivity contribution in [2.75, 3.05) is 0 Å². The molecule has 1 unspecified atom stereocenters. The van der Waals surface area contributed by atoms with Gasteiger partial charge < -0.3 is 30.5 Å². The Labute approximate surface area is 219 Å². The van der Waals surface area contributed by atoms with Crippen molar-refractivity contribution in [2.24, 2.45) is 11.8 Å². The van der Waals surface area contributed by atoms with Crippen molar-refractivity contribution in [1.82, 2.24) is 16.0 Å². The van der Waals surface area contributed by atoms with Crippen LogP contribution < -0.4 is 16.0 Å².